The van der Waals surface area contributed by atoms with Gasteiger partial charge in [-0.3, -0.25) is 14.3 Å². The van der Waals surface area contributed by atoms with Gasteiger partial charge in [-0.2, -0.15) is 13.2 Å². The van der Waals surface area contributed by atoms with Crippen LogP contribution in [0.3, 0.4) is 0 Å². The van der Waals surface area contributed by atoms with Crippen LogP contribution < -0.4 is 4.74 Å². The minimum Gasteiger partial charge on any atom is -0.508 e. The van der Waals surface area contributed by atoms with E-state index in [-0.39, 0.29) is 35.0 Å². The van der Waals surface area contributed by atoms with Gasteiger partial charge in [-0.05, 0) is 42.0 Å². The summed E-state index contributed by atoms with van der Waals surface area (Å²) in [5.41, 5.74) is -0.177. The van der Waals surface area contributed by atoms with Gasteiger partial charge in [-0.15, -0.1) is 0 Å². The fourth-order valence-corrected chi connectivity index (χ4v) is 4.78. The van der Waals surface area contributed by atoms with Crippen molar-refractivity contribution in [3.8, 4) is 22.6 Å². The molecule has 0 aliphatic carbocycles. The van der Waals surface area contributed by atoms with Crippen LogP contribution in [0.25, 0.3) is 22.0 Å². The molecular formula is C29H25F5N2O3. The summed E-state index contributed by atoms with van der Waals surface area (Å²) in [6, 6.07) is 13.1. The molecule has 5 nitrogen and oxygen atoms in total. The highest BCUT2D eigenvalue weighted by Crippen LogP contribution is 2.40. The number of likely N-dealkylation sites (tertiary alicyclic amines) is 1. The van der Waals surface area contributed by atoms with Crippen molar-refractivity contribution in [2.75, 3.05) is 32.9 Å². The average molecular weight is 545 g/mol. The van der Waals surface area contributed by atoms with Crippen LogP contribution in [0.5, 0.6) is 11.5 Å². The summed E-state index contributed by atoms with van der Waals surface area (Å²) in [6.07, 6.45) is -4.74. The van der Waals surface area contributed by atoms with Crippen LogP contribution in [0.4, 0.5) is 22.0 Å². The molecule has 0 amide bonds. The van der Waals surface area contributed by atoms with Crippen molar-refractivity contribution in [1.29, 1.82) is 0 Å². The third-order valence-corrected chi connectivity index (χ3v) is 6.88. The van der Waals surface area contributed by atoms with E-state index in [0.29, 0.717) is 54.5 Å². The zero-order valence-corrected chi connectivity index (χ0v) is 20.6. The Morgan fingerprint density at radius 2 is 1.74 bits per heavy atom. The van der Waals surface area contributed by atoms with Crippen molar-refractivity contribution in [1.82, 2.24) is 9.88 Å². The Balaban J connectivity index is 1.44. The lowest BCUT2D eigenvalue weighted by Crippen LogP contribution is -2.49. The number of aromatic hydroxyl groups is 1. The van der Waals surface area contributed by atoms with Crippen LogP contribution in [0.15, 0.2) is 66.9 Å². The monoisotopic (exact) mass is 544 g/mol. The second kappa shape index (κ2) is 10.8. The van der Waals surface area contributed by atoms with Crippen molar-refractivity contribution >= 4 is 10.9 Å². The first-order valence-electron chi connectivity index (χ1n) is 12.3. The van der Waals surface area contributed by atoms with Crippen molar-refractivity contribution < 1.29 is 36.9 Å². The van der Waals surface area contributed by atoms with E-state index in [1.807, 2.05) is 0 Å². The van der Waals surface area contributed by atoms with Gasteiger partial charge >= 0.3 is 6.18 Å². The van der Waals surface area contributed by atoms with Gasteiger partial charge in [-0.25, -0.2) is 4.39 Å². The summed E-state index contributed by atoms with van der Waals surface area (Å²) in [5, 5.41) is 21.7. The molecule has 0 saturated carbocycles. The molecule has 1 fully saturated rings. The van der Waals surface area contributed by atoms with Gasteiger partial charge in [0.05, 0.1) is 17.8 Å². The van der Waals surface area contributed by atoms with Crippen LogP contribution in [0, 0.1) is 11.7 Å². The first-order valence-corrected chi connectivity index (χ1v) is 12.3. The molecule has 1 aliphatic heterocycles. The molecule has 3 aromatic carbocycles. The third-order valence-electron chi connectivity index (χ3n) is 6.88. The standard InChI is InChI=1S/C29H25F5N2O3/c30-13-17-15-36(16-17)9-10-39-21-5-1-18(2-6-21)28(38)27-23-8-4-20(37)12-26(23)35-14-24(27)22-7-3-19(11-25(22)31)29(32,33)34/h1-8,11-12,14,17,28,37-38H,9-10,13,15-16H2. The van der Waals surface area contributed by atoms with Gasteiger partial charge in [0.25, 0.3) is 0 Å². The second-order valence-corrected chi connectivity index (χ2v) is 9.58. The lowest BCUT2D eigenvalue weighted by atomic mass is 9.90. The van der Waals surface area contributed by atoms with E-state index in [2.05, 4.69) is 9.88 Å². The molecule has 0 bridgehead atoms. The van der Waals surface area contributed by atoms with E-state index < -0.39 is 23.7 Å². The zero-order chi connectivity index (χ0) is 27.7. The van der Waals surface area contributed by atoms with E-state index in [4.69, 9.17) is 4.74 Å². The van der Waals surface area contributed by atoms with Crippen molar-refractivity contribution in [3.05, 3.63) is 89.4 Å². The Morgan fingerprint density at radius 3 is 2.41 bits per heavy atom. The fraction of sp³-hybridized carbons (Fsp3) is 0.276. The highest BCUT2D eigenvalue weighted by atomic mass is 19.4. The molecule has 10 heteroatoms. The molecule has 1 unspecified atom stereocenters. The number of alkyl halides is 4. The van der Waals surface area contributed by atoms with Crippen LogP contribution >= 0.6 is 0 Å². The number of aliphatic hydroxyl groups excluding tert-OH is 1. The Hall–Kier alpha value is -3.76. The molecule has 0 radical (unpaired) electrons. The minimum atomic E-state index is -4.71. The molecule has 39 heavy (non-hydrogen) atoms. The molecule has 2 heterocycles. The molecular weight excluding hydrogens is 519 g/mol. The number of halogens is 5. The Bertz CT molecular complexity index is 1470. The molecule has 204 valence electrons. The number of aromatic nitrogens is 1. The maximum Gasteiger partial charge on any atom is 0.416 e. The number of rotatable bonds is 8. The van der Waals surface area contributed by atoms with E-state index in [0.717, 1.165) is 12.1 Å². The highest BCUT2D eigenvalue weighted by molar-refractivity contribution is 5.90. The van der Waals surface area contributed by atoms with E-state index in [9.17, 15) is 32.2 Å². The number of hydrogen-bond donors (Lipinski definition) is 2. The SMILES string of the molecule is Oc1ccc2c(C(O)c3ccc(OCCN4CC(CF)C4)cc3)c(-c3ccc(C(F)(F)F)cc3F)cnc2c1. The molecule has 2 N–H and O–H groups in total. The first kappa shape index (κ1) is 26.8. The van der Waals surface area contributed by atoms with Gasteiger partial charge in [-0.1, -0.05) is 18.2 Å². The summed E-state index contributed by atoms with van der Waals surface area (Å²) in [5.74, 6) is -0.516. The van der Waals surface area contributed by atoms with Crippen molar-refractivity contribution in [3.63, 3.8) is 0 Å². The number of aliphatic hydroxyl groups is 1. The minimum absolute atomic E-state index is 0.0659. The number of phenolic OH excluding ortho intramolecular Hbond substituents is 1. The topological polar surface area (TPSA) is 65.8 Å². The zero-order valence-electron chi connectivity index (χ0n) is 20.6. The molecule has 1 saturated heterocycles. The quantitative estimate of drug-likeness (QED) is 0.262. The fourth-order valence-electron chi connectivity index (χ4n) is 4.78. The Kier molecular flexibility index (Phi) is 7.42. The predicted octanol–water partition coefficient (Wildman–Crippen LogP) is 6.13. The predicted molar refractivity (Wildman–Crippen MR) is 136 cm³/mol. The van der Waals surface area contributed by atoms with E-state index in [1.54, 1.807) is 24.3 Å². The number of ether oxygens (including phenoxy) is 1. The van der Waals surface area contributed by atoms with Gasteiger partial charge in [0.15, 0.2) is 0 Å². The normalized spacial score (nSPS) is 15.3. The first-order chi connectivity index (χ1) is 18.6. The molecule has 1 atom stereocenters. The summed E-state index contributed by atoms with van der Waals surface area (Å²) in [4.78, 5) is 6.34. The Labute approximate surface area is 221 Å². The highest BCUT2D eigenvalue weighted by Gasteiger charge is 2.32. The smallest absolute Gasteiger partial charge is 0.416 e. The number of fused-ring (bicyclic) bond motifs is 1. The number of nitrogens with zero attached hydrogens (tertiary/aromatic N) is 2. The number of pyridine rings is 1. The van der Waals surface area contributed by atoms with E-state index >= 15 is 0 Å². The maximum atomic E-state index is 15.0. The summed E-state index contributed by atoms with van der Waals surface area (Å²) < 4.78 is 72.6. The van der Waals surface area contributed by atoms with E-state index in [1.165, 1.54) is 24.4 Å². The Morgan fingerprint density at radius 1 is 1.00 bits per heavy atom. The van der Waals surface area contributed by atoms with Gasteiger partial charge in [0.1, 0.15) is 30.0 Å². The van der Waals surface area contributed by atoms with Crippen LogP contribution in [0.2, 0.25) is 0 Å². The lowest BCUT2D eigenvalue weighted by molar-refractivity contribution is -0.137. The molecule has 0 spiro atoms. The van der Waals surface area contributed by atoms with Crippen LogP contribution in [-0.4, -0.2) is 53.0 Å². The van der Waals surface area contributed by atoms with Gasteiger partial charge < -0.3 is 14.9 Å². The second-order valence-electron chi connectivity index (χ2n) is 9.58. The van der Waals surface area contributed by atoms with Crippen molar-refractivity contribution in [2.24, 2.45) is 5.92 Å². The van der Waals surface area contributed by atoms with Crippen molar-refractivity contribution in [2.45, 2.75) is 12.3 Å². The maximum absolute atomic E-state index is 15.0. The summed E-state index contributed by atoms with van der Waals surface area (Å²) in [7, 11) is 0. The largest absolute Gasteiger partial charge is 0.508 e. The molecule has 5 rings (SSSR count). The molecule has 1 aromatic heterocycles. The van der Waals surface area contributed by atoms with Crippen LogP contribution in [-0.2, 0) is 6.18 Å². The third kappa shape index (κ3) is 5.67. The summed E-state index contributed by atoms with van der Waals surface area (Å²) in [6.45, 7) is 2.19. The number of benzene rings is 3. The number of hydrogen-bond acceptors (Lipinski definition) is 5. The summed E-state index contributed by atoms with van der Waals surface area (Å²) >= 11 is 0. The number of phenols is 1. The van der Waals surface area contributed by atoms with Crippen LogP contribution in [0.1, 0.15) is 22.8 Å². The molecule has 1 aliphatic rings. The average Bonchev–Trinajstić information content (AvgIpc) is 2.88. The van der Waals surface area contributed by atoms with Gasteiger partial charge in [0.2, 0.25) is 0 Å². The lowest BCUT2D eigenvalue weighted by Gasteiger charge is -2.37. The molecule has 4 aromatic rings. The van der Waals surface area contributed by atoms with Gasteiger partial charge in [0, 0.05) is 59.9 Å².